The molecule has 0 unspecified atom stereocenters. The van der Waals surface area contributed by atoms with Crippen LogP contribution in [0, 0.1) is 0 Å². The van der Waals surface area contributed by atoms with Gasteiger partial charge in [0.05, 0.1) is 18.9 Å². The van der Waals surface area contributed by atoms with Gasteiger partial charge in [-0.1, -0.05) is 23.7 Å². The van der Waals surface area contributed by atoms with Crippen LogP contribution in [0.4, 0.5) is 0 Å². The topological polar surface area (TPSA) is 96.0 Å². The van der Waals surface area contributed by atoms with E-state index < -0.39 is 22.0 Å². The average Bonchev–Trinajstić information content (AvgIpc) is 3.17. The molecule has 2 amide bonds. The number of likely N-dealkylation sites (N-methyl/N-ethyl adjacent to an activating group) is 1. The maximum absolute atomic E-state index is 12.9. The van der Waals surface area contributed by atoms with Crippen LogP contribution in [0.25, 0.3) is 0 Å². The zero-order valence-electron chi connectivity index (χ0n) is 16.9. The van der Waals surface area contributed by atoms with E-state index in [0.717, 1.165) is 29.0 Å². The fraction of sp³-hybridized carbons (Fsp3) is 0.579. The molecule has 2 rings (SSSR count). The minimum absolute atomic E-state index is 0.0112. The summed E-state index contributed by atoms with van der Waals surface area (Å²) in [6.07, 6.45) is 2.88. The molecule has 0 aliphatic carbocycles. The molecule has 0 aromatic heterocycles. The van der Waals surface area contributed by atoms with Crippen LogP contribution in [-0.4, -0.2) is 74.6 Å². The molecule has 1 aliphatic heterocycles. The van der Waals surface area contributed by atoms with Crippen molar-refractivity contribution in [3.63, 3.8) is 0 Å². The molecule has 1 aliphatic rings. The predicted octanol–water partition coefficient (Wildman–Crippen LogP) is 1.24. The number of benzene rings is 1. The molecule has 0 saturated carbocycles. The Kier molecular flexibility index (Phi) is 8.45. The van der Waals surface area contributed by atoms with Gasteiger partial charge in [-0.2, -0.15) is 4.31 Å². The number of hydrogen-bond acceptors (Lipinski definition) is 5. The maximum atomic E-state index is 12.9. The molecule has 1 saturated heterocycles. The maximum Gasteiger partial charge on any atom is 0.242 e. The molecule has 0 bridgehead atoms. The summed E-state index contributed by atoms with van der Waals surface area (Å²) in [5.74, 6) is -0.780. The standard InChI is InChI=1S/C19H28ClN3O5S/c1-14(19(25)21-11-17-5-4-10-28-17)23(12-15-6-8-16(20)9-7-15)18(24)13-22(2)29(3,26)27/h6-9,14,17H,4-5,10-13H2,1-3H3,(H,21,25)/t14-,17+/m1/s1. The number of nitrogens with zero attached hydrogens (tertiary/aromatic N) is 2. The van der Waals surface area contributed by atoms with Crippen LogP contribution in [0.3, 0.4) is 0 Å². The molecule has 8 nitrogen and oxygen atoms in total. The third kappa shape index (κ3) is 7.26. The van der Waals surface area contributed by atoms with Gasteiger partial charge in [-0.25, -0.2) is 8.42 Å². The number of hydrogen-bond donors (Lipinski definition) is 1. The van der Waals surface area contributed by atoms with E-state index in [1.54, 1.807) is 31.2 Å². The van der Waals surface area contributed by atoms with Crippen LogP contribution >= 0.6 is 11.6 Å². The molecule has 10 heteroatoms. The lowest BCUT2D eigenvalue weighted by Crippen LogP contribution is -2.51. The number of nitrogens with one attached hydrogen (secondary N) is 1. The molecule has 0 radical (unpaired) electrons. The van der Waals surface area contributed by atoms with E-state index in [-0.39, 0.29) is 25.1 Å². The summed E-state index contributed by atoms with van der Waals surface area (Å²) in [6.45, 7) is 2.50. The third-order valence-corrected chi connectivity index (χ3v) is 6.40. The molecule has 29 heavy (non-hydrogen) atoms. The Morgan fingerprint density at radius 2 is 1.97 bits per heavy atom. The zero-order valence-corrected chi connectivity index (χ0v) is 18.5. The summed E-state index contributed by atoms with van der Waals surface area (Å²) in [5.41, 5.74) is 0.781. The van der Waals surface area contributed by atoms with Crippen molar-refractivity contribution in [3.05, 3.63) is 34.9 Å². The quantitative estimate of drug-likeness (QED) is 0.617. The second kappa shape index (κ2) is 10.4. The van der Waals surface area contributed by atoms with Gasteiger partial charge in [-0.05, 0) is 37.5 Å². The molecule has 1 heterocycles. The van der Waals surface area contributed by atoms with Crippen molar-refractivity contribution >= 4 is 33.4 Å². The van der Waals surface area contributed by atoms with E-state index in [2.05, 4.69) is 5.32 Å². The Labute approximate surface area is 177 Å². The molecule has 1 N–H and O–H groups in total. The van der Waals surface area contributed by atoms with Crippen LogP contribution in [0.2, 0.25) is 5.02 Å². The van der Waals surface area contributed by atoms with Crippen LogP contribution in [0.5, 0.6) is 0 Å². The van der Waals surface area contributed by atoms with Crippen molar-refractivity contribution in [1.29, 1.82) is 0 Å². The Morgan fingerprint density at radius 1 is 1.31 bits per heavy atom. The number of amides is 2. The van der Waals surface area contributed by atoms with Gasteiger partial charge in [0.25, 0.3) is 0 Å². The van der Waals surface area contributed by atoms with E-state index in [0.29, 0.717) is 18.2 Å². The number of rotatable bonds is 9. The number of carbonyl (C=O) groups excluding carboxylic acids is 2. The molecule has 2 atom stereocenters. The first-order chi connectivity index (χ1) is 13.6. The van der Waals surface area contributed by atoms with E-state index in [4.69, 9.17) is 16.3 Å². The molecular formula is C19H28ClN3O5S. The van der Waals surface area contributed by atoms with E-state index in [9.17, 15) is 18.0 Å². The van der Waals surface area contributed by atoms with Gasteiger partial charge in [0, 0.05) is 31.8 Å². The molecule has 1 aromatic carbocycles. The van der Waals surface area contributed by atoms with Crippen molar-refractivity contribution in [2.45, 2.75) is 38.5 Å². The highest BCUT2D eigenvalue weighted by atomic mass is 35.5. The lowest BCUT2D eigenvalue weighted by atomic mass is 10.1. The summed E-state index contributed by atoms with van der Waals surface area (Å²) in [4.78, 5) is 26.9. The minimum Gasteiger partial charge on any atom is -0.376 e. The summed E-state index contributed by atoms with van der Waals surface area (Å²) in [7, 11) is -2.20. The van der Waals surface area contributed by atoms with Gasteiger partial charge in [-0.15, -0.1) is 0 Å². The second-order valence-electron chi connectivity index (χ2n) is 7.22. The van der Waals surface area contributed by atoms with Crippen LogP contribution in [0.1, 0.15) is 25.3 Å². The molecule has 1 aromatic rings. The van der Waals surface area contributed by atoms with Gasteiger partial charge >= 0.3 is 0 Å². The first kappa shape index (κ1) is 23.6. The molecule has 162 valence electrons. The number of sulfonamides is 1. The van der Waals surface area contributed by atoms with Crippen LogP contribution in [-0.2, 0) is 30.9 Å². The summed E-state index contributed by atoms with van der Waals surface area (Å²) >= 11 is 5.92. The van der Waals surface area contributed by atoms with Crippen LogP contribution in [0.15, 0.2) is 24.3 Å². The summed E-state index contributed by atoms with van der Waals surface area (Å²) in [5, 5.41) is 3.39. The van der Waals surface area contributed by atoms with Gasteiger partial charge < -0.3 is 15.0 Å². The highest BCUT2D eigenvalue weighted by molar-refractivity contribution is 7.88. The van der Waals surface area contributed by atoms with Crippen LogP contribution < -0.4 is 5.32 Å². The fourth-order valence-corrected chi connectivity index (χ4v) is 3.41. The Bertz CT molecular complexity index is 810. The molecular weight excluding hydrogens is 418 g/mol. The third-order valence-electron chi connectivity index (χ3n) is 4.89. The smallest absolute Gasteiger partial charge is 0.242 e. The fourth-order valence-electron chi connectivity index (χ4n) is 2.94. The Morgan fingerprint density at radius 3 is 2.52 bits per heavy atom. The first-order valence-electron chi connectivity index (χ1n) is 9.42. The number of ether oxygens (including phenoxy) is 1. The zero-order chi connectivity index (χ0) is 21.6. The van der Waals surface area contributed by atoms with Crippen molar-refractivity contribution < 1.29 is 22.7 Å². The molecule has 1 fully saturated rings. The minimum atomic E-state index is -3.53. The van der Waals surface area contributed by atoms with Crippen molar-refractivity contribution in [1.82, 2.24) is 14.5 Å². The lowest BCUT2D eigenvalue weighted by molar-refractivity contribution is -0.140. The van der Waals surface area contributed by atoms with Crippen molar-refractivity contribution in [2.24, 2.45) is 0 Å². The van der Waals surface area contributed by atoms with Crippen molar-refractivity contribution in [2.75, 3.05) is 33.0 Å². The average molecular weight is 446 g/mol. The van der Waals surface area contributed by atoms with Gasteiger partial charge in [-0.3, -0.25) is 9.59 Å². The second-order valence-corrected chi connectivity index (χ2v) is 9.75. The van der Waals surface area contributed by atoms with Gasteiger partial charge in [0.2, 0.25) is 21.8 Å². The summed E-state index contributed by atoms with van der Waals surface area (Å²) < 4.78 is 29.8. The Hall–Kier alpha value is -1.68. The SMILES string of the molecule is C[C@H](C(=O)NC[C@@H]1CCCO1)N(Cc1ccc(Cl)cc1)C(=O)CN(C)S(C)(=O)=O. The van der Waals surface area contributed by atoms with E-state index in [1.807, 2.05) is 0 Å². The van der Waals surface area contributed by atoms with E-state index in [1.165, 1.54) is 11.9 Å². The van der Waals surface area contributed by atoms with Crippen molar-refractivity contribution in [3.8, 4) is 0 Å². The predicted molar refractivity (Wildman–Crippen MR) is 111 cm³/mol. The lowest BCUT2D eigenvalue weighted by Gasteiger charge is -2.30. The number of carbonyl (C=O) groups is 2. The monoisotopic (exact) mass is 445 g/mol. The largest absolute Gasteiger partial charge is 0.376 e. The van der Waals surface area contributed by atoms with Gasteiger partial charge in [0.15, 0.2) is 0 Å². The summed E-state index contributed by atoms with van der Waals surface area (Å²) in [6, 6.07) is 6.14. The highest BCUT2D eigenvalue weighted by Gasteiger charge is 2.29. The normalized spacial score (nSPS) is 17.9. The highest BCUT2D eigenvalue weighted by Crippen LogP contribution is 2.15. The van der Waals surface area contributed by atoms with Gasteiger partial charge in [0.1, 0.15) is 6.04 Å². The van der Waals surface area contributed by atoms with E-state index >= 15 is 0 Å². The Balaban J connectivity index is 2.11. The first-order valence-corrected chi connectivity index (χ1v) is 11.6. The molecule has 0 spiro atoms. The number of halogens is 1.